The Morgan fingerprint density at radius 2 is 2.38 bits per heavy atom. The van der Waals surface area contributed by atoms with E-state index in [1.165, 1.54) is 0 Å². The van der Waals surface area contributed by atoms with E-state index in [9.17, 15) is 8.78 Å². The van der Waals surface area contributed by atoms with E-state index in [2.05, 4.69) is 10.3 Å². The first-order valence-electron chi connectivity index (χ1n) is 5.44. The molecule has 0 aromatic carbocycles. The molecule has 1 unspecified atom stereocenters. The van der Waals surface area contributed by atoms with Crippen LogP contribution in [0, 0.1) is 11.6 Å². The van der Waals surface area contributed by atoms with Crippen LogP contribution in [0.4, 0.5) is 14.6 Å². The molecule has 1 fully saturated rings. The number of pyridine rings is 1. The number of hydrogen-bond acceptors (Lipinski definition) is 3. The van der Waals surface area contributed by atoms with E-state index < -0.39 is 11.6 Å². The van der Waals surface area contributed by atoms with Crippen LogP contribution in [0.1, 0.15) is 12.8 Å². The highest BCUT2D eigenvalue weighted by Crippen LogP contribution is 2.25. The van der Waals surface area contributed by atoms with Gasteiger partial charge in [0.25, 0.3) is 0 Å². The van der Waals surface area contributed by atoms with E-state index in [1.54, 1.807) is 0 Å². The van der Waals surface area contributed by atoms with Crippen molar-refractivity contribution in [3.63, 3.8) is 0 Å². The van der Waals surface area contributed by atoms with Crippen molar-refractivity contribution in [1.82, 2.24) is 10.3 Å². The van der Waals surface area contributed by atoms with Crippen molar-refractivity contribution in [3.8, 4) is 0 Å². The number of rotatable bonds is 3. The smallest absolute Gasteiger partial charge is 0.168 e. The topological polar surface area (TPSA) is 28.2 Å². The van der Waals surface area contributed by atoms with Gasteiger partial charge in [-0.05, 0) is 19.9 Å². The van der Waals surface area contributed by atoms with Crippen molar-refractivity contribution in [2.24, 2.45) is 0 Å². The van der Waals surface area contributed by atoms with Crippen molar-refractivity contribution < 1.29 is 8.78 Å². The van der Waals surface area contributed by atoms with Crippen LogP contribution in [0.15, 0.2) is 12.3 Å². The standard InChI is InChI=1S/C11H15F2N3/c1-14-7-9-3-2-4-16(9)11-10(13)5-8(12)6-15-11/h5-6,9,14H,2-4,7H2,1H3. The van der Waals surface area contributed by atoms with Gasteiger partial charge in [-0.2, -0.15) is 0 Å². The second kappa shape index (κ2) is 4.74. The minimum atomic E-state index is -0.634. The molecule has 16 heavy (non-hydrogen) atoms. The number of aromatic nitrogens is 1. The Balaban J connectivity index is 2.22. The fourth-order valence-corrected chi connectivity index (χ4v) is 2.18. The van der Waals surface area contributed by atoms with Crippen LogP contribution < -0.4 is 10.2 Å². The van der Waals surface area contributed by atoms with Gasteiger partial charge in [0.15, 0.2) is 11.6 Å². The number of halogens is 2. The summed E-state index contributed by atoms with van der Waals surface area (Å²) in [6.45, 7) is 1.57. The fourth-order valence-electron chi connectivity index (χ4n) is 2.18. The number of hydrogen-bond donors (Lipinski definition) is 1. The predicted molar refractivity (Wildman–Crippen MR) is 58.4 cm³/mol. The third kappa shape index (κ3) is 2.14. The minimum Gasteiger partial charge on any atom is -0.350 e. The molecule has 1 N–H and O–H groups in total. The molecule has 1 aromatic heterocycles. The number of nitrogens with zero attached hydrogens (tertiary/aromatic N) is 2. The molecule has 0 aliphatic carbocycles. The van der Waals surface area contributed by atoms with Gasteiger partial charge in [-0.15, -0.1) is 0 Å². The van der Waals surface area contributed by atoms with Gasteiger partial charge in [0, 0.05) is 25.2 Å². The van der Waals surface area contributed by atoms with Crippen molar-refractivity contribution in [1.29, 1.82) is 0 Å². The quantitative estimate of drug-likeness (QED) is 0.849. The van der Waals surface area contributed by atoms with Crippen LogP contribution in [0.5, 0.6) is 0 Å². The number of likely N-dealkylation sites (N-methyl/N-ethyl adjacent to an activating group) is 1. The van der Waals surface area contributed by atoms with Crippen LogP contribution in [-0.4, -0.2) is 31.2 Å². The maximum absolute atomic E-state index is 13.6. The van der Waals surface area contributed by atoms with E-state index in [0.717, 1.165) is 38.2 Å². The van der Waals surface area contributed by atoms with Crippen molar-refractivity contribution in [2.45, 2.75) is 18.9 Å². The summed E-state index contributed by atoms with van der Waals surface area (Å²) in [5, 5.41) is 3.07. The Labute approximate surface area is 93.5 Å². The Kier molecular flexibility index (Phi) is 3.33. The van der Waals surface area contributed by atoms with Crippen molar-refractivity contribution in [2.75, 3.05) is 25.0 Å². The molecule has 3 nitrogen and oxygen atoms in total. The van der Waals surface area contributed by atoms with Crippen LogP contribution in [0.2, 0.25) is 0 Å². The van der Waals surface area contributed by atoms with Gasteiger partial charge in [-0.3, -0.25) is 0 Å². The molecule has 0 radical (unpaired) electrons. The van der Waals surface area contributed by atoms with Gasteiger partial charge in [-0.25, -0.2) is 13.8 Å². The summed E-state index contributed by atoms with van der Waals surface area (Å²) >= 11 is 0. The van der Waals surface area contributed by atoms with E-state index >= 15 is 0 Å². The molecule has 1 atom stereocenters. The Bertz CT molecular complexity index is 370. The molecule has 88 valence electrons. The highest BCUT2D eigenvalue weighted by molar-refractivity contribution is 5.42. The lowest BCUT2D eigenvalue weighted by molar-refractivity contribution is 0.554. The van der Waals surface area contributed by atoms with Crippen LogP contribution in [-0.2, 0) is 0 Å². The number of anilines is 1. The SMILES string of the molecule is CNCC1CCCN1c1ncc(F)cc1F. The summed E-state index contributed by atoms with van der Waals surface area (Å²) in [6.07, 6.45) is 3.09. The first-order valence-corrected chi connectivity index (χ1v) is 5.44. The van der Waals surface area contributed by atoms with Gasteiger partial charge < -0.3 is 10.2 Å². The lowest BCUT2D eigenvalue weighted by atomic mass is 10.2. The third-order valence-corrected chi connectivity index (χ3v) is 2.88. The zero-order valence-electron chi connectivity index (χ0n) is 9.21. The van der Waals surface area contributed by atoms with Crippen LogP contribution in [0.3, 0.4) is 0 Å². The third-order valence-electron chi connectivity index (χ3n) is 2.88. The molecule has 0 amide bonds. The monoisotopic (exact) mass is 227 g/mol. The van der Waals surface area contributed by atoms with E-state index in [4.69, 9.17) is 0 Å². The van der Waals surface area contributed by atoms with Crippen LogP contribution >= 0.6 is 0 Å². The lowest BCUT2D eigenvalue weighted by Crippen LogP contribution is -2.37. The first kappa shape index (κ1) is 11.3. The second-order valence-electron chi connectivity index (χ2n) is 4.01. The molecule has 1 aliphatic rings. The summed E-state index contributed by atoms with van der Waals surface area (Å²) < 4.78 is 26.3. The highest BCUT2D eigenvalue weighted by Gasteiger charge is 2.27. The molecule has 1 aliphatic heterocycles. The van der Waals surface area contributed by atoms with Crippen molar-refractivity contribution in [3.05, 3.63) is 23.9 Å². The zero-order valence-corrected chi connectivity index (χ0v) is 9.21. The van der Waals surface area contributed by atoms with E-state index in [0.29, 0.717) is 0 Å². The molecule has 1 saturated heterocycles. The minimum absolute atomic E-state index is 0.248. The molecule has 0 saturated carbocycles. The van der Waals surface area contributed by atoms with E-state index in [1.807, 2.05) is 11.9 Å². The average Bonchev–Trinajstić information content (AvgIpc) is 2.67. The first-order chi connectivity index (χ1) is 7.72. The molecule has 2 heterocycles. The summed E-state index contributed by atoms with van der Waals surface area (Å²) in [7, 11) is 1.87. The Morgan fingerprint density at radius 1 is 1.56 bits per heavy atom. The molecular weight excluding hydrogens is 212 g/mol. The molecule has 0 spiro atoms. The summed E-state index contributed by atoms with van der Waals surface area (Å²) in [4.78, 5) is 5.75. The average molecular weight is 227 g/mol. The van der Waals surface area contributed by atoms with Gasteiger partial charge >= 0.3 is 0 Å². The molecule has 1 aromatic rings. The maximum Gasteiger partial charge on any atom is 0.168 e. The summed E-state index contributed by atoms with van der Waals surface area (Å²) in [6, 6.07) is 1.13. The molecule has 0 bridgehead atoms. The summed E-state index contributed by atoms with van der Waals surface area (Å²) in [5.74, 6) is -0.951. The summed E-state index contributed by atoms with van der Waals surface area (Å²) in [5.41, 5.74) is 0. The second-order valence-corrected chi connectivity index (χ2v) is 4.01. The number of nitrogens with one attached hydrogen (secondary N) is 1. The predicted octanol–water partition coefficient (Wildman–Crippen LogP) is 1.55. The zero-order chi connectivity index (χ0) is 11.5. The molecular formula is C11H15F2N3. The lowest BCUT2D eigenvalue weighted by Gasteiger charge is -2.25. The van der Waals surface area contributed by atoms with Gasteiger partial charge in [0.05, 0.1) is 6.20 Å². The Hall–Kier alpha value is -1.23. The molecule has 5 heteroatoms. The van der Waals surface area contributed by atoms with Gasteiger partial charge in [0.2, 0.25) is 0 Å². The van der Waals surface area contributed by atoms with Gasteiger partial charge in [-0.1, -0.05) is 0 Å². The normalized spacial score (nSPS) is 20.4. The Morgan fingerprint density at radius 3 is 3.06 bits per heavy atom. The van der Waals surface area contributed by atoms with Crippen molar-refractivity contribution >= 4 is 5.82 Å². The fraction of sp³-hybridized carbons (Fsp3) is 0.545. The maximum atomic E-state index is 13.6. The highest BCUT2D eigenvalue weighted by atomic mass is 19.1. The van der Waals surface area contributed by atoms with Crippen LogP contribution in [0.25, 0.3) is 0 Å². The molecule has 2 rings (SSSR count). The van der Waals surface area contributed by atoms with E-state index in [-0.39, 0.29) is 11.9 Å². The van der Waals surface area contributed by atoms with Gasteiger partial charge in [0.1, 0.15) is 5.82 Å². The largest absolute Gasteiger partial charge is 0.350 e.